The topological polar surface area (TPSA) is 46.2 Å². The van der Waals surface area contributed by atoms with Gasteiger partial charge >= 0.3 is 0 Å². The number of nitrogens with one attached hydrogen (secondary N) is 1. The molecule has 4 heteroatoms. The van der Waals surface area contributed by atoms with Crippen molar-refractivity contribution in [2.24, 2.45) is 0 Å². The largest absolute Gasteiger partial charge is 0.355 e. The molecule has 3 nitrogen and oxygen atoms in total. The van der Waals surface area contributed by atoms with Gasteiger partial charge < -0.3 is 5.32 Å². The molecule has 0 aliphatic carbocycles. The fourth-order valence-corrected chi connectivity index (χ4v) is 1.15. The van der Waals surface area contributed by atoms with Crippen LogP contribution in [0.2, 0.25) is 0 Å². The highest BCUT2D eigenvalue weighted by Gasteiger charge is 1.98. The Bertz CT molecular complexity index is 159. The molecule has 0 heterocycles. The lowest BCUT2D eigenvalue weighted by Crippen LogP contribution is -2.27. The minimum Gasteiger partial charge on any atom is -0.355 e. The van der Waals surface area contributed by atoms with Crippen LogP contribution in [0.4, 0.5) is 0 Å². The lowest BCUT2D eigenvalue weighted by Gasteiger charge is -2.02. The van der Waals surface area contributed by atoms with Crippen LogP contribution in [-0.4, -0.2) is 28.7 Å². The van der Waals surface area contributed by atoms with Gasteiger partial charge in [-0.2, -0.15) is 0 Å². The second-order valence-electron chi connectivity index (χ2n) is 2.73. The molecule has 72 valence electrons. The van der Waals surface area contributed by atoms with Gasteiger partial charge in [-0.25, -0.2) is 0 Å². The van der Waals surface area contributed by atoms with Crippen molar-refractivity contribution in [1.82, 2.24) is 5.32 Å². The van der Waals surface area contributed by atoms with Gasteiger partial charge in [-0.1, -0.05) is 13.3 Å². The number of rotatable bonds is 6. The lowest BCUT2D eigenvalue weighted by molar-refractivity contribution is -0.121. The van der Waals surface area contributed by atoms with Crippen LogP contribution >= 0.6 is 0 Å². The third kappa shape index (κ3) is 7.72. The minimum absolute atomic E-state index is 0.0716. The molecule has 1 unspecified atom stereocenters. The predicted octanol–water partition coefficient (Wildman–Crippen LogP) is 0.671. The van der Waals surface area contributed by atoms with Crippen molar-refractivity contribution in [3.05, 3.63) is 0 Å². The van der Waals surface area contributed by atoms with Gasteiger partial charge in [-0.3, -0.25) is 9.00 Å². The van der Waals surface area contributed by atoms with Crippen molar-refractivity contribution in [2.45, 2.75) is 26.2 Å². The SMILES string of the molecule is CCCCC(=O)NCCS(C)=O. The molecular formula is C8H17NO2S. The molecule has 0 radical (unpaired) electrons. The van der Waals surface area contributed by atoms with Crippen LogP contribution in [0.3, 0.4) is 0 Å². The molecule has 0 saturated heterocycles. The predicted molar refractivity (Wildman–Crippen MR) is 51.5 cm³/mol. The first-order valence-corrected chi connectivity index (χ1v) is 5.96. The highest BCUT2D eigenvalue weighted by atomic mass is 32.2. The summed E-state index contributed by atoms with van der Waals surface area (Å²) in [4.78, 5) is 11.0. The zero-order chi connectivity index (χ0) is 9.40. The number of unbranched alkanes of at least 4 members (excludes halogenated alkanes) is 1. The maximum absolute atomic E-state index is 11.0. The summed E-state index contributed by atoms with van der Waals surface area (Å²) < 4.78 is 10.6. The van der Waals surface area contributed by atoms with Gasteiger partial charge in [0.2, 0.25) is 5.91 Å². The molecule has 1 atom stereocenters. The van der Waals surface area contributed by atoms with E-state index in [0.717, 1.165) is 12.8 Å². The van der Waals surface area contributed by atoms with E-state index in [-0.39, 0.29) is 5.91 Å². The average Bonchev–Trinajstić information content (AvgIpc) is 2.00. The van der Waals surface area contributed by atoms with Gasteiger partial charge in [0, 0.05) is 35.8 Å². The molecule has 0 saturated carbocycles. The van der Waals surface area contributed by atoms with Crippen molar-refractivity contribution in [2.75, 3.05) is 18.6 Å². The van der Waals surface area contributed by atoms with E-state index in [4.69, 9.17) is 0 Å². The van der Waals surface area contributed by atoms with Crippen LogP contribution in [0.1, 0.15) is 26.2 Å². The lowest BCUT2D eigenvalue weighted by atomic mass is 10.2. The molecule has 0 aromatic heterocycles. The van der Waals surface area contributed by atoms with Crippen LogP contribution in [0, 0.1) is 0 Å². The Hall–Kier alpha value is -0.380. The molecule has 1 N–H and O–H groups in total. The maximum atomic E-state index is 11.0. The summed E-state index contributed by atoms with van der Waals surface area (Å²) in [6, 6.07) is 0. The normalized spacial score (nSPS) is 12.5. The van der Waals surface area contributed by atoms with Crippen LogP contribution in [0.5, 0.6) is 0 Å². The first kappa shape index (κ1) is 11.6. The zero-order valence-corrected chi connectivity index (χ0v) is 8.58. The molecule has 0 bridgehead atoms. The molecule has 12 heavy (non-hydrogen) atoms. The van der Waals surface area contributed by atoms with E-state index in [1.54, 1.807) is 6.26 Å². The molecule has 0 aromatic carbocycles. The van der Waals surface area contributed by atoms with E-state index in [0.29, 0.717) is 18.7 Å². The monoisotopic (exact) mass is 191 g/mol. The number of amides is 1. The van der Waals surface area contributed by atoms with E-state index >= 15 is 0 Å². The van der Waals surface area contributed by atoms with Crippen LogP contribution in [0.15, 0.2) is 0 Å². The molecule has 0 aliphatic rings. The summed E-state index contributed by atoms with van der Waals surface area (Å²) in [6.07, 6.45) is 4.19. The Morgan fingerprint density at radius 2 is 2.17 bits per heavy atom. The molecule has 0 rings (SSSR count). The van der Waals surface area contributed by atoms with Crippen LogP contribution in [-0.2, 0) is 15.6 Å². The fourth-order valence-electron chi connectivity index (χ4n) is 0.760. The first-order chi connectivity index (χ1) is 5.66. The zero-order valence-electron chi connectivity index (χ0n) is 7.76. The van der Waals surface area contributed by atoms with Crippen LogP contribution < -0.4 is 5.32 Å². The Morgan fingerprint density at radius 1 is 1.50 bits per heavy atom. The Kier molecular flexibility index (Phi) is 7.05. The fraction of sp³-hybridized carbons (Fsp3) is 0.875. The molecular weight excluding hydrogens is 174 g/mol. The number of carbonyl (C=O) groups is 1. The molecule has 0 aromatic rings. The average molecular weight is 191 g/mol. The Labute approximate surface area is 76.4 Å². The third-order valence-electron chi connectivity index (χ3n) is 1.47. The molecule has 0 aliphatic heterocycles. The summed E-state index contributed by atoms with van der Waals surface area (Å²) in [5.74, 6) is 0.625. The van der Waals surface area contributed by atoms with Gasteiger partial charge in [0.1, 0.15) is 0 Å². The summed E-state index contributed by atoms with van der Waals surface area (Å²) in [7, 11) is -0.802. The van der Waals surface area contributed by atoms with E-state index in [1.165, 1.54) is 0 Å². The number of hydrogen-bond acceptors (Lipinski definition) is 2. The molecule has 0 fully saturated rings. The van der Waals surface area contributed by atoms with E-state index < -0.39 is 10.8 Å². The van der Waals surface area contributed by atoms with Gasteiger partial charge in [0.25, 0.3) is 0 Å². The van der Waals surface area contributed by atoms with Gasteiger partial charge in [-0.15, -0.1) is 0 Å². The smallest absolute Gasteiger partial charge is 0.220 e. The Morgan fingerprint density at radius 3 is 2.67 bits per heavy atom. The van der Waals surface area contributed by atoms with Crippen molar-refractivity contribution in [1.29, 1.82) is 0 Å². The quantitative estimate of drug-likeness (QED) is 0.671. The maximum Gasteiger partial charge on any atom is 0.220 e. The van der Waals surface area contributed by atoms with Gasteiger partial charge in [-0.05, 0) is 6.42 Å². The second-order valence-corrected chi connectivity index (χ2v) is 4.29. The summed E-state index contributed by atoms with van der Waals surface area (Å²) in [5.41, 5.74) is 0. The first-order valence-electron chi connectivity index (χ1n) is 4.23. The Balaban J connectivity index is 3.25. The van der Waals surface area contributed by atoms with Crippen LogP contribution in [0.25, 0.3) is 0 Å². The van der Waals surface area contributed by atoms with Gasteiger partial charge in [0.15, 0.2) is 0 Å². The van der Waals surface area contributed by atoms with Crippen molar-refractivity contribution in [3.63, 3.8) is 0 Å². The van der Waals surface area contributed by atoms with E-state index in [2.05, 4.69) is 5.32 Å². The second kappa shape index (κ2) is 7.28. The standard InChI is InChI=1S/C8H17NO2S/c1-3-4-5-8(10)9-6-7-12(2)11/h3-7H2,1-2H3,(H,9,10). The molecule has 0 spiro atoms. The van der Waals surface area contributed by atoms with Crippen molar-refractivity contribution < 1.29 is 9.00 Å². The van der Waals surface area contributed by atoms with Crippen molar-refractivity contribution >= 4 is 16.7 Å². The number of hydrogen-bond donors (Lipinski definition) is 1. The molecule has 1 amide bonds. The third-order valence-corrected chi connectivity index (χ3v) is 2.25. The number of carbonyl (C=O) groups excluding carboxylic acids is 1. The van der Waals surface area contributed by atoms with E-state index in [9.17, 15) is 9.00 Å². The van der Waals surface area contributed by atoms with Crippen molar-refractivity contribution in [3.8, 4) is 0 Å². The summed E-state index contributed by atoms with van der Waals surface area (Å²) >= 11 is 0. The highest BCUT2D eigenvalue weighted by molar-refractivity contribution is 7.84. The minimum atomic E-state index is -0.802. The highest BCUT2D eigenvalue weighted by Crippen LogP contribution is 1.92. The summed E-state index contributed by atoms with van der Waals surface area (Å²) in [6.45, 7) is 2.58. The van der Waals surface area contributed by atoms with Gasteiger partial charge in [0.05, 0.1) is 0 Å². The van der Waals surface area contributed by atoms with E-state index in [1.807, 2.05) is 6.92 Å². The summed E-state index contributed by atoms with van der Waals surface area (Å²) in [5, 5.41) is 2.72.